The molecular weight excluding hydrogens is 368 g/mol. The summed E-state index contributed by atoms with van der Waals surface area (Å²) in [6.45, 7) is 2.36. The molecule has 2 aliphatic heterocycles. The molecule has 0 fully saturated rings. The van der Waals surface area contributed by atoms with Crippen LogP contribution in [0.2, 0.25) is 0 Å². The Morgan fingerprint density at radius 2 is 1.62 bits per heavy atom. The third-order valence-electron chi connectivity index (χ3n) is 6.04. The molecule has 2 heterocycles. The van der Waals surface area contributed by atoms with Crippen LogP contribution >= 0.6 is 0 Å². The van der Waals surface area contributed by atoms with Gasteiger partial charge in [-0.3, -0.25) is 9.59 Å². The van der Waals surface area contributed by atoms with Gasteiger partial charge in [0.25, 0.3) is 0 Å². The van der Waals surface area contributed by atoms with Crippen LogP contribution in [0.25, 0.3) is 0 Å². The second kappa shape index (κ2) is 7.70. The van der Waals surface area contributed by atoms with E-state index < -0.39 is 12.0 Å². The zero-order valence-electron chi connectivity index (χ0n) is 16.4. The predicted molar refractivity (Wildman–Crippen MR) is 107 cm³/mol. The van der Waals surface area contributed by atoms with E-state index in [2.05, 4.69) is 0 Å². The summed E-state index contributed by atoms with van der Waals surface area (Å²) in [4.78, 5) is 40.6. The molecule has 0 aliphatic carbocycles. The van der Waals surface area contributed by atoms with Crippen LogP contribution in [-0.4, -0.2) is 45.3 Å². The lowest BCUT2D eigenvalue weighted by Gasteiger charge is -2.39. The van der Waals surface area contributed by atoms with Crippen LogP contribution in [0.3, 0.4) is 0 Å². The molecule has 2 aromatic carbocycles. The molecule has 150 valence electrons. The zero-order chi connectivity index (χ0) is 20.5. The number of carboxylic acids is 1. The molecule has 2 aliphatic rings. The van der Waals surface area contributed by atoms with Gasteiger partial charge in [-0.2, -0.15) is 0 Å². The number of carbonyl (C=O) groups is 3. The molecule has 2 aromatic rings. The van der Waals surface area contributed by atoms with E-state index in [9.17, 15) is 19.5 Å². The van der Waals surface area contributed by atoms with Crippen molar-refractivity contribution in [3.05, 3.63) is 70.8 Å². The highest BCUT2D eigenvalue weighted by molar-refractivity contribution is 5.85. The van der Waals surface area contributed by atoms with Crippen molar-refractivity contribution in [2.45, 2.75) is 44.8 Å². The number of carboxylic acid groups (broad SMARTS) is 1. The van der Waals surface area contributed by atoms with Gasteiger partial charge in [-0.05, 0) is 28.7 Å². The smallest absolute Gasteiger partial charge is 0.326 e. The van der Waals surface area contributed by atoms with Gasteiger partial charge in [-0.15, -0.1) is 0 Å². The minimum Gasteiger partial charge on any atom is -0.480 e. The van der Waals surface area contributed by atoms with E-state index >= 15 is 0 Å². The molecule has 0 aromatic heterocycles. The normalized spacial score (nSPS) is 20.6. The summed E-state index contributed by atoms with van der Waals surface area (Å²) >= 11 is 0. The molecule has 0 unspecified atom stereocenters. The fourth-order valence-corrected chi connectivity index (χ4v) is 4.54. The lowest BCUT2D eigenvalue weighted by molar-refractivity contribution is -0.152. The number of hydrogen-bond acceptors (Lipinski definition) is 3. The quantitative estimate of drug-likeness (QED) is 0.871. The van der Waals surface area contributed by atoms with Crippen molar-refractivity contribution in [1.29, 1.82) is 0 Å². The van der Waals surface area contributed by atoms with Crippen LogP contribution in [0, 0.1) is 0 Å². The SMILES string of the molecule is CC(=O)N1CCc2ccccc2[C@H]1CC(=O)N1Cc2ccccc2C[C@@H]1C(=O)O. The van der Waals surface area contributed by atoms with Crippen molar-refractivity contribution < 1.29 is 19.5 Å². The fourth-order valence-electron chi connectivity index (χ4n) is 4.54. The molecule has 6 nitrogen and oxygen atoms in total. The number of aliphatic carboxylic acids is 1. The zero-order valence-corrected chi connectivity index (χ0v) is 16.4. The number of hydrogen-bond donors (Lipinski definition) is 1. The molecule has 29 heavy (non-hydrogen) atoms. The Bertz CT molecular complexity index is 971. The van der Waals surface area contributed by atoms with Gasteiger partial charge in [0.05, 0.1) is 12.5 Å². The highest BCUT2D eigenvalue weighted by Gasteiger charge is 2.37. The predicted octanol–water partition coefficient (Wildman–Crippen LogP) is 2.56. The molecule has 2 amide bonds. The Morgan fingerprint density at radius 1 is 0.966 bits per heavy atom. The lowest BCUT2D eigenvalue weighted by Crippen LogP contribution is -2.50. The van der Waals surface area contributed by atoms with Crippen molar-refractivity contribution in [3.63, 3.8) is 0 Å². The summed E-state index contributed by atoms with van der Waals surface area (Å²) in [5.41, 5.74) is 4.07. The van der Waals surface area contributed by atoms with Crippen LogP contribution in [0.4, 0.5) is 0 Å². The van der Waals surface area contributed by atoms with E-state index in [0.717, 1.165) is 28.7 Å². The third-order valence-corrected chi connectivity index (χ3v) is 6.04. The van der Waals surface area contributed by atoms with Crippen LogP contribution in [0.1, 0.15) is 41.6 Å². The second-order valence-electron chi connectivity index (χ2n) is 7.73. The van der Waals surface area contributed by atoms with E-state index in [-0.39, 0.29) is 30.8 Å². The number of fused-ring (bicyclic) bond motifs is 2. The van der Waals surface area contributed by atoms with Gasteiger partial charge in [0.15, 0.2) is 0 Å². The van der Waals surface area contributed by atoms with Gasteiger partial charge < -0.3 is 14.9 Å². The van der Waals surface area contributed by atoms with Gasteiger partial charge in [-0.1, -0.05) is 48.5 Å². The monoisotopic (exact) mass is 392 g/mol. The number of nitrogens with zero attached hydrogens (tertiary/aromatic N) is 2. The van der Waals surface area contributed by atoms with Gasteiger partial charge in [-0.25, -0.2) is 4.79 Å². The first-order chi connectivity index (χ1) is 14.0. The minimum atomic E-state index is -1.000. The summed E-state index contributed by atoms with van der Waals surface area (Å²) in [7, 11) is 0. The standard InChI is InChI=1S/C23H24N2O4/c1-15(26)24-11-10-16-6-4-5-9-19(16)20(24)13-22(27)25-14-18-8-3-2-7-17(18)12-21(25)23(28)29/h2-9,20-21H,10-14H2,1H3,(H,28,29)/t20-,21-/m1/s1. The van der Waals surface area contributed by atoms with E-state index in [1.165, 1.54) is 11.8 Å². The Hall–Kier alpha value is -3.15. The number of benzene rings is 2. The van der Waals surface area contributed by atoms with Gasteiger partial charge in [0.1, 0.15) is 6.04 Å². The first kappa shape index (κ1) is 19.2. The van der Waals surface area contributed by atoms with E-state index in [4.69, 9.17) is 0 Å². The molecule has 0 radical (unpaired) electrons. The Kier molecular flexibility index (Phi) is 5.09. The molecule has 0 saturated carbocycles. The van der Waals surface area contributed by atoms with Crippen molar-refractivity contribution in [3.8, 4) is 0 Å². The van der Waals surface area contributed by atoms with Crippen LogP contribution in [0.5, 0.6) is 0 Å². The summed E-state index contributed by atoms with van der Waals surface area (Å²) in [5.74, 6) is -1.31. The van der Waals surface area contributed by atoms with Gasteiger partial charge in [0.2, 0.25) is 11.8 Å². The van der Waals surface area contributed by atoms with E-state index in [1.807, 2.05) is 48.5 Å². The number of carbonyl (C=O) groups excluding carboxylic acids is 2. The molecule has 0 spiro atoms. The molecule has 0 saturated heterocycles. The first-order valence-electron chi connectivity index (χ1n) is 9.89. The third kappa shape index (κ3) is 3.62. The van der Waals surface area contributed by atoms with E-state index in [0.29, 0.717) is 13.0 Å². The average molecular weight is 392 g/mol. The second-order valence-corrected chi connectivity index (χ2v) is 7.73. The first-order valence-corrected chi connectivity index (χ1v) is 9.89. The molecule has 0 bridgehead atoms. The molecule has 1 N–H and O–H groups in total. The highest BCUT2D eigenvalue weighted by Crippen LogP contribution is 2.34. The summed E-state index contributed by atoms with van der Waals surface area (Å²) in [6.07, 6.45) is 1.15. The number of rotatable bonds is 3. The van der Waals surface area contributed by atoms with Crippen molar-refractivity contribution in [1.82, 2.24) is 9.80 Å². The Balaban J connectivity index is 1.63. The van der Waals surface area contributed by atoms with Gasteiger partial charge >= 0.3 is 5.97 Å². The van der Waals surface area contributed by atoms with Crippen LogP contribution in [0.15, 0.2) is 48.5 Å². The summed E-state index contributed by atoms with van der Waals surface area (Å²) < 4.78 is 0. The fraction of sp³-hybridized carbons (Fsp3) is 0.348. The van der Waals surface area contributed by atoms with Crippen molar-refractivity contribution >= 4 is 17.8 Å². The maximum absolute atomic E-state index is 13.3. The topological polar surface area (TPSA) is 77.9 Å². The van der Waals surface area contributed by atoms with E-state index in [1.54, 1.807) is 4.90 Å². The lowest BCUT2D eigenvalue weighted by atomic mass is 9.89. The average Bonchev–Trinajstić information content (AvgIpc) is 2.72. The van der Waals surface area contributed by atoms with Crippen molar-refractivity contribution in [2.24, 2.45) is 0 Å². The van der Waals surface area contributed by atoms with Crippen LogP contribution < -0.4 is 0 Å². The molecule has 4 rings (SSSR count). The molecule has 6 heteroatoms. The van der Waals surface area contributed by atoms with Gasteiger partial charge in [0, 0.05) is 26.4 Å². The largest absolute Gasteiger partial charge is 0.480 e. The van der Waals surface area contributed by atoms with Crippen LogP contribution in [-0.2, 0) is 33.8 Å². The number of amides is 2. The molecule has 2 atom stereocenters. The molecular formula is C23H24N2O4. The van der Waals surface area contributed by atoms with Crippen molar-refractivity contribution in [2.75, 3.05) is 6.54 Å². The Morgan fingerprint density at radius 3 is 2.31 bits per heavy atom. The highest BCUT2D eigenvalue weighted by atomic mass is 16.4. The Labute approximate surface area is 169 Å². The summed E-state index contributed by atoms with van der Waals surface area (Å²) in [5, 5.41) is 9.73. The maximum Gasteiger partial charge on any atom is 0.326 e. The minimum absolute atomic E-state index is 0.0731. The summed E-state index contributed by atoms with van der Waals surface area (Å²) in [6, 6.07) is 14.3. The maximum atomic E-state index is 13.3.